The first kappa shape index (κ1) is 71.2. The molecule has 8 nitrogen and oxygen atoms in total. The fourth-order valence-electron chi connectivity index (χ4n) is 8.27. The third-order valence-corrected chi connectivity index (χ3v) is 14.0. The lowest BCUT2D eigenvalue weighted by molar-refractivity contribution is -0.870. The van der Waals surface area contributed by atoms with Crippen molar-refractivity contribution in [2.75, 3.05) is 40.9 Å². The number of hydrogen-bond donors (Lipinski definition) is 3. The second kappa shape index (κ2) is 54.9. The van der Waals surface area contributed by atoms with Crippen LogP contribution in [0.15, 0.2) is 109 Å². The van der Waals surface area contributed by atoms with Gasteiger partial charge in [0.1, 0.15) is 13.2 Å². The summed E-state index contributed by atoms with van der Waals surface area (Å²) in [5.41, 5.74) is 0. The zero-order valence-electron chi connectivity index (χ0n) is 48.5. The number of aliphatic hydroxyl groups excluding tert-OH is 1. The number of unbranched alkanes of at least 4 members (excludes halogenated alkanes) is 25. The van der Waals surface area contributed by atoms with Crippen LogP contribution in [-0.4, -0.2) is 73.4 Å². The van der Waals surface area contributed by atoms with Gasteiger partial charge in [-0.25, -0.2) is 4.57 Å². The monoisotopic (exact) mass is 1050 g/mol. The maximum Gasteiger partial charge on any atom is 0.472 e. The number of allylic oxidation sites excluding steroid dienone is 17. The van der Waals surface area contributed by atoms with E-state index in [1.165, 1.54) is 128 Å². The molecule has 9 heteroatoms. The summed E-state index contributed by atoms with van der Waals surface area (Å²) in [5.74, 6) is -0.201. The molecule has 0 rings (SSSR count). The molecule has 426 valence electrons. The van der Waals surface area contributed by atoms with Crippen LogP contribution in [0.4, 0.5) is 0 Å². The van der Waals surface area contributed by atoms with Gasteiger partial charge in [0, 0.05) is 6.42 Å². The standard InChI is InChI=1S/C65H115N2O6P/c1-6-8-10-12-14-16-18-20-22-24-26-28-30-31-32-33-34-35-37-39-41-43-45-47-49-51-53-55-57-59-65(69)66-63(62-73-74(70,71)72-61-60-67(3,4)5)64(68)58-56-54-52-50-48-46-44-42-40-38-36-29-27-25-23-21-19-17-15-13-11-9-7-2/h8,10,14,16,20,22,26,28,31-32,34-35,39,41,48,50,56,58,63-64,68H,6-7,9,11-13,15,17-19,21,23-25,27,29-30,33,36-38,40,42-47,49,51-55,57,59-62H2,1-5H3,(H-,66,69,70,71)/p+1/b10-8-,16-14-,22-20-,28-26-,32-31-,35-34-,41-39-,50-48+,58-56+. The number of quaternary nitrogens is 1. The first-order chi connectivity index (χ1) is 36.0. The number of aliphatic hydroxyl groups is 1. The van der Waals surface area contributed by atoms with Crippen molar-refractivity contribution in [2.45, 2.75) is 257 Å². The van der Waals surface area contributed by atoms with Crippen LogP contribution in [0.3, 0.4) is 0 Å². The number of carbonyl (C=O) groups excluding carboxylic acids is 1. The molecule has 0 radical (unpaired) electrons. The average Bonchev–Trinajstić information content (AvgIpc) is 3.36. The molecule has 0 aliphatic heterocycles. The molecule has 0 aromatic carbocycles. The Kier molecular flexibility index (Phi) is 52.8. The van der Waals surface area contributed by atoms with Crippen molar-refractivity contribution in [1.29, 1.82) is 0 Å². The van der Waals surface area contributed by atoms with Gasteiger partial charge in [-0.2, -0.15) is 0 Å². The summed E-state index contributed by atoms with van der Waals surface area (Å²) in [5, 5.41) is 13.9. The molecule has 3 atom stereocenters. The molecule has 3 unspecified atom stereocenters. The summed E-state index contributed by atoms with van der Waals surface area (Å²) < 4.78 is 23.7. The summed E-state index contributed by atoms with van der Waals surface area (Å²) in [6, 6.07) is -0.879. The first-order valence-electron chi connectivity index (χ1n) is 30.3. The van der Waals surface area contributed by atoms with Crippen molar-refractivity contribution in [3.05, 3.63) is 109 Å². The van der Waals surface area contributed by atoms with Gasteiger partial charge in [0.05, 0.1) is 39.9 Å². The van der Waals surface area contributed by atoms with Crippen LogP contribution in [0.5, 0.6) is 0 Å². The number of phosphoric acid groups is 1. The SMILES string of the molecule is CC/C=C\C/C=C\C/C=C\C/C=C\C/C=C\C/C=C\C/C=C\CCCCCCCCCC(=O)NC(COP(=O)(O)OCC[N+](C)(C)C)C(O)/C=C/CC/C=C/CCCCCCCCCCCCCCCCCCC. The molecule has 0 aromatic rings. The number of amides is 1. The minimum atomic E-state index is -4.37. The number of likely N-dealkylation sites (N-methyl/N-ethyl adjacent to an activating group) is 1. The van der Waals surface area contributed by atoms with E-state index < -0.39 is 20.0 Å². The highest BCUT2D eigenvalue weighted by molar-refractivity contribution is 7.47. The van der Waals surface area contributed by atoms with Gasteiger partial charge in [0.15, 0.2) is 0 Å². The topological polar surface area (TPSA) is 105 Å². The zero-order chi connectivity index (χ0) is 54.2. The van der Waals surface area contributed by atoms with Crippen molar-refractivity contribution in [3.63, 3.8) is 0 Å². The van der Waals surface area contributed by atoms with Gasteiger partial charge in [-0.05, 0) is 89.9 Å². The first-order valence-corrected chi connectivity index (χ1v) is 31.8. The van der Waals surface area contributed by atoms with E-state index in [4.69, 9.17) is 9.05 Å². The maximum absolute atomic E-state index is 13.0. The third-order valence-electron chi connectivity index (χ3n) is 13.0. The fraction of sp³-hybridized carbons (Fsp3) is 0.708. The lowest BCUT2D eigenvalue weighted by atomic mass is 10.0. The number of hydrogen-bond acceptors (Lipinski definition) is 5. The van der Waals surface area contributed by atoms with Crippen molar-refractivity contribution in [3.8, 4) is 0 Å². The van der Waals surface area contributed by atoms with Crippen molar-refractivity contribution >= 4 is 13.7 Å². The number of carbonyl (C=O) groups is 1. The Morgan fingerprint density at radius 2 is 0.824 bits per heavy atom. The molecule has 0 aliphatic rings. The molecule has 3 N–H and O–H groups in total. The summed E-state index contributed by atoms with van der Waals surface area (Å²) in [7, 11) is 1.53. The van der Waals surface area contributed by atoms with Crippen LogP contribution < -0.4 is 5.32 Å². The van der Waals surface area contributed by atoms with E-state index in [2.05, 4.69) is 116 Å². The van der Waals surface area contributed by atoms with Gasteiger partial charge >= 0.3 is 7.82 Å². The van der Waals surface area contributed by atoms with E-state index in [0.29, 0.717) is 17.4 Å². The highest BCUT2D eigenvalue weighted by atomic mass is 31.2. The smallest absolute Gasteiger partial charge is 0.387 e. The Morgan fingerprint density at radius 3 is 1.24 bits per heavy atom. The van der Waals surface area contributed by atoms with Gasteiger partial charge < -0.3 is 19.8 Å². The highest BCUT2D eigenvalue weighted by Gasteiger charge is 2.27. The molecule has 0 heterocycles. The van der Waals surface area contributed by atoms with Crippen molar-refractivity contribution < 1.29 is 32.9 Å². The Hall–Kier alpha value is -2.84. The normalized spacial score (nSPS) is 14.6. The molecule has 0 fully saturated rings. The van der Waals surface area contributed by atoms with Crippen LogP contribution in [0.2, 0.25) is 0 Å². The molecule has 1 amide bonds. The molecule has 0 bridgehead atoms. The number of nitrogens with one attached hydrogen (secondary N) is 1. The molecule has 0 aliphatic carbocycles. The average molecular weight is 1050 g/mol. The van der Waals surface area contributed by atoms with E-state index in [1.54, 1.807) is 6.08 Å². The van der Waals surface area contributed by atoms with Crippen LogP contribution in [0, 0.1) is 0 Å². The fourth-order valence-corrected chi connectivity index (χ4v) is 9.01. The summed E-state index contributed by atoms with van der Waals surface area (Å²) in [4.78, 5) is 23.3. The molecule has 0 saturated heterocycles. The Bertz CT molecular complexity index is 1570. The largest absolute Gasteiger partial charge is 0.472 e. The second-order valence-corrected chi connectivity index (χ2v) is 22.8. The number of phosphoric ester groups is 1. The van der Waals surface area contributed by atoms with Crippen LogP contribution >= 0.6 is 7.82 Å². The van der Waals surface area contributed by atoms with E-state index in [-0.39, 0.29) is 19.1 Å². The molecular weight excluding hydrogens is 936 g/mol. The summed E-state index contributed by atoms with van der Waals surface area (Å²) in [6.07, 6.45) is 80.5. The number of nitrogens with zero attached hydrogens (tertiary/aromatic N) is 1. The Morgan fingerprint density at radius 1 is 0.473 bits per heavy atom. The van der Waals surface area contributed by atoms with E-state index in [0.717, 1.165) is 96.3 Å². The Balaban J connectivity index is 4.29. The van der Waals surface area contributed by atoms with E-state index in [9.17, 15) is 19.4 Å². The quantitative estimate of drug-likeness (QED) is 0.0243. The van der Waals surface area contributed by atoms with Gasteiger partial charge in [-0.15, -0.1) is 0 Å². The molecule has 0 aromatic heterocycles. The van der Waals surface area contributed by atoms with Crippen molar-refractivity contribution in [1.82, 2.24) is 5.32 Å². The third kappa shape index (κ3) is 56.9. The van der Waals surface area contributed by atoms with Crippen molar-refractivity contribution in [2.24, 2.45) is 0 Å². The molecule has 0 saturated carbocycles. The Labute approximate surface area is 457 Å². The predicted octanol–water partition coefficient (Wildman–Crippen LogP) is 18.8. The van der Waals surface area contributed by atoms with E-state index in [1.807, 2.05) is 27.2 Å². The van der Waals surface area contributed by atoms with Gasteiger partial charge in [0.2, 0.25) is 5.91 Å². The van der Waals surface area contributed by atoms with Gasteiger partial charge in [0.25, 0.3) is 0 Å². The van der Waals surface area contributed by atoms with Crippen LogP contribution in [0.1, 0.15) is 245 Å². The highest BCUT2D eigenvalue weighted by Crippen LogP contribution is 2.43. The predicted molar refractivity (Wildman–Crippen MR) is 322 cm³/mol. The maximum atomic E-state index is 13.0. The van der Waals surface area contributed by atoms with Crippen LogP contribution in [0.25, 0.3) is 0 Å². The molecular formula is C65H116N2O6P+. The van der Waals surface area contributed by atoms with Gasteiger partial charge in [-0.3, -0.25) is 13.8 Å². The zero-order valence-corrected chi connectivity index (χ0v) is 49.4. The molecule has 74 heavy (non-hydrogen) atoms. The minimum Gasteiger partial charge on any atom is -0.387 e. The second-order valence-electron chi connectivity index (χ2n) is 21.3. The lowest BCUT2D eigenvalue weighted by Crippen LogP contribution is -2.45. The van der Waals surface area contributed by atoms with E-state index >= 15 is 0 Å². The van der Waals surface area contributed by atoms with Crippen LogP contribution in [-0.2, 0) is 18.4 Å². The minimum absolute atomic E-state index is 0.0482. The summed E-state index contributed by atoms with van der Waals surface area (Å²) in [6.45, 7) is 4.68. The lowest BCUT2D eigenvalue weighted by Gasteiger charge is -2.25. The molecule has 0 spiro atoms. The summed E-state index contributed by atoms with van der Waals surface area (Å²) >= 11 is 0. The van der Waals surface area contributed by atoms with Gasteiger partial charge in [-0.1, -0.05) is 258 Å². The number of rotatable bonds is 54.